The zero-order valence-electron chi connectivity index (χ0n) is 18.4. The number of carbonyl (C=O) groups is 3. The van der Waals surface area contributed by atoms with Crippen LogP contribution in [0.25, 0.3) is 0 Å². The van der Waals surface area contributed by atoms with E-state index in [-0.39, 0.29) is 22.2 Å². The molecule has 4 rings (SSSR count). The number of nitrogens with zero attached hydrogens (tertiary/aromatic N) is 4. The van der Waals surface area contributed by atoms with Crippen LogP contribution in [0.4, 0.5) is 5.13 Å². The molecule has 0 unspecified atom stereocenters. The number of β-lactam (4-membered cyclic amide) rings is 1. The van der Waals surface area contributed by atoms with Crippen LogP contribution in [0.3, 0.4) is 0 Å². The fourth-order valence-electron chi connectivity index (χ4n) is 3.76. The molecule has 0 radical (unpaired) electrons. The monoisotopic (exact) mass is 503 g/mol. The molecule has 1 fully saturated rings. The molecule has 4 heterocycles. The number of carbonyl (C=O) groups excluding carboxylic acids is 2. The molecule has 2 aromatic heterocycles. The van der Waals surface area contributed by atoms with Crippen LogP contribution in [0.1, 0.15) is 18.2 Å². The fraction of sp³-hybridized carbons (Fsp3) is 0.333. The lowest BCUT2D eigenvalue weighted by atomic mass is 10.0. The number of carboxylic acids is 1. The van der Waals surface area contributed by atoms with Gasteiger partial charge in [0.05, 0.1) is 0 Å². The van der Waals surface area contributed by atoms with Crippen LogP contribution in [0.5, 0.6) is 0 Å². The van der Waals surface area contributed by atoms with Gasteiger partial charge in [-0.2, -0.15) is 0 Å². The SMILES string of the molecule is CCc1cc[n+](CC2=C(C(=O)O)N3C(=O)[C@@H](NC(=O)/C(=N\OC)c4csc(N)n4)[C@H]3SC2)cc1. The summed E-state index contributed by atoms with van der Waals surface area (Å²) in [5.41, 5.74) is 7.51. The average molecular weight is 504 g/mol. The minimum absolute atomic E-state index is 0.0376. The minimum Gasteiger partial charge on any atom is -0.477 e. The molecule has 2 atom stereocenters. The molecule has 0 saturated carbocycles. The summed E-state index contributed by atoms with van der Waals surface area (Å²) in [5.74, 6) is -1.93. The Morgan fingerprint density at radius 2 is 2.15 bits per heavy atom. The highest BCUT2D eigenvalue weighted by Crippen LogP contribution is 2.40. The van der Waals surface area contributed by atoms with Crippen molar-refractivity contribution in [1.82, 2.24) is 15.2 Å². The van der Waals surface area contributed by atoms with Crippen molar-refractivity contribution in [2.45, 2.75) is 31.3 Å². The standard InChI is InChI=1S/C21H22N6O5S2/c1-3-11-4-6-26(7-5-11)8-12-9-33-19-15(18(29)27(19)16(12)20(30)31)24-17(28)14(25-32-2)13-10-34-21(22)23-13/h4-7,10,15,19H,3,8-9H2,1-2H3,(H3-,22,23,24,28,30,31)/p+1/b25-14-/t15-,19-/m1/s1. The van der Waals surface area contributed by atoms with Crippen molar-refractivity contribution in [3.05, 3.63) is 52.4 Å². The second-order valence-corrected chi connectivity index (χ2v) is 9.54. The van der Waals surface area contributed by atoms with Gasteiger partial charge in [-0.15, -0.1) is 23.1 Å². The first-order chi connectivity index (χ1) is 16.3. The molecule has 0 aliphatic carbocycles. The van der Waals surface area contributed by atoms with Crippen molar-refractivity contribution in [3.8, 4) is 0 Å². The highest BCUT2D eigenvalue weighted by atomic mass is 32.2. The van der Waals surface area contributed by atoms with E-state index < -0.39 is 29.2 Å². The van der Waals surface area contributed by atoms with Gasteiger partial charge in [-0.1, -0.05) is 12.1 Å². The second-order valence-electron chi connectivity index (χ2n) is 7.54. The maximum Gasteiger partial charge on any atom is 0.352 e. The largest absolute Gasteiger partial charge is 0.477 e. The number of nitrogens with two attached hydrogens (primary N) is 1. The molecule has 2 aromatic rings. The van der Waals surface area contributed by atoms with Gasteiger partial charge in [-0.05, 0) is 12.0 Å². The Labute approximate surface area is 203 Å². The van der Waals surface area contributed by atoms with E-state index >= 15 is 0 Å². The summed E-state index contributed by atoms with van der Waals surface area (Å²) in [6.07, 6.45) is 4.69. The number of thioether (sulfide) groups is 1. The van der Waals surface area contributed by atoms with Gasteiger partial charge >= 0.3 is 5.97 Å². The van der Waals surface area contributed by atoms with Gasteiger partial charge in [-0.25, -0.2) is 14.3 Å². The van der Waals surface area contributed by atoms with Crippen LogP contribution in [0.15, 0.2) is 46.3 Å². The van der Waals surface area contributed by atoms with E-state index in [1.54, 1.807) is 5.38 Å². The third-order valence-electron chi connectivity index (χ3n) is 5.44. The van der Waals surface area contributed by atoms with Gasteiger partial charge in [0.15, 0.2) is 29.8 Å². The van der Waals surface area contributed by atoms with E-state index in [4.69, 9.17) is 10.6 Å². The van der Waals surface area contributed by atoms with Crippen molar-refractivity contribution in [2.24, 2.45) is 5.16 Å². The molecular weight excluding hydrogens is 480 g/mol. The molecule has 1 saturated heterocycles. The molecule has 2 aliphatic rings. The minimum atomic E-state index is -1.18. The lowest BCUT2D eigenvalue weighted by Crippen LogP contribution is -2.71. The first-order valence-electron chi connectivity index (χ1n) is 10.3. The molecule has 0 aromatic carbocycles. The number of fused-ring (bicyclic) bond motifs is 1. The smallest absolute Gasteiger partial charge is 0.352 e. The highest BCUT2D eigenvalue weighted by Gasteiger charge is 2.54. The Morgan fingerprint density at radius 1 is 1.41 bits per heavy atom. The quantitative estimate of drug-likeness (QED) is 0.202. The zero-order chi connectivity index (χ0) is 24.4. The normalized spacial score (nSPS) is 20.0. The third-order valence-corrected chi connectivity index (χ3v) is 7.45. The Balaban J connectivity index is 1.52. The number of aliphatic carboxylic acids is 1. The topological polar surface area (TPSA) is 151 Å². The number of pyridine rings is 1. The molecule has 34 heavy (non-hydrogen) atoms. The summed E-state index contributed by atoms with van der Waals surface area (Å²) >= 11 is 2.54. The van der Waals surface area contributed by atoms with Gasteiger partial charge < -0.3 is 21.0 Å². The number of anilines is 1. The van der Waals surface area contributed by atoms with Crippen molar-refractivity contribution < 1.29 is 28.9 Å². The molecule has 2 aliphatic heterocycles. The number of thiazole rings is 1. The molecule has 11 nitrogen and oxygen atoms in total. The second kappa shape index (κ2) is 9.81. The van der Waals surface area contributed by atoms with Crippen LogP contribution in [-0.2, 0) is 32.2 Å². The molecule has 2 amide bonds. The number of aromatic nitrogens is 2. The maximum absolute atomic E-state index is 12.9. The molecule has 0 bridgehead atoms. The van der Waals surface area contributed by atoms with Gasteiger partial charge in [0, 0.05) is 28.8 Å². The fourth-order valence-corrected chi connectivity index (χ4v) is 5.64. The number of nitrogens with one attached hydrogen (secondary N) is 1. The number of carboxylic acid groups (broad SMARTS) is 1. The summed E-state index contributed by atoms with van der Waals surface area (Å²) in [6, 6.07) is 3.06. The Bertz CT molecular complexity index is 1190. The number of amides is 2. The third kappa shape index (κ3) is 4.48. The lowest BCUT2D eigenvalue weighted by molar-refractivity contribution is -0.689. The van der Waals surface area contributed by atoms with Crippen LogP contribution >= 0.6 is 23.1 Å². The van der Waals surface area contributed by atoms with Gasteiger partial charge in [-0.3, -0.25) is 14.5 Å². The highest BCUT2D eigenvalue weighted by molar-refractivity contribution is 8.00. The predicted octanol–water partition coefficient (Wildman–Crippen LogP) is 0.365. The van der Waals surface area contributed by atoms with Crippen LogP contribution in [0.2, 0.25) is 0 Å². The number of aryl methyl sites for hydroxylation is 1. The maximum atomic E-state index is 12.9. The number of hydrogen-bond donors (Lipinski definition) is 3. The lowest BCUT2D eigenvalue weighted by Gasteiger charge is -2.49. The molecule has 0 spiro atoms. The number of nitrogen functional groups attached to an aromatic ring is 1. The van der Waals surface area contributed by atoms with E-state index in [1.807, 2.05) is 29.1 Å². The van der Waals surface area contributed by atoms with E-state index in [0.29, 0.717) is 17.9 Å². The Kier molecular flexibility index (Phi) is 6.84. The number of rotatable bonds is 8. The average Bonchev–Trinajstić information content (AvgIpc) is 3.26. The molecule has 4 N–H and O–H groups in total. The Hall–Kier alpha value is -3.45. The van der Waals surface area contributed by atoms with Crippen LogP contribution in [-0.4, -0.2) is 62.8 Å². The summed E-state index contributed by atoms with van der Waals surface area (Å²) in [7, 11) is 1.29. The molecule has 178 valence electrons. The van der Waals surface area contributed by atoms with E-state index in [0.717, 1.165) is 17.8 Å². The zero-order valence-corrected chi connectivity index (χ0v) is 20.1. The summed E-state index contributed by atoms with van der Waals surface area (Å²) in [5, 5.41) is 17.5. The van der Waals surface area contributed by atoms with Crippen LogP contribution in [0, 0.1) is 0 Å². The summed E-state index contributed by atoms with van der Waals surface area (Å²) in [6.45, 7) is 2.41. The summed E-state index contributed by atoms with van der Waals surface area (Å²) in [4.78, 5) is 47.9. The number of hydrogen-bond acceptors (Lipinski definition) is 9. The van der Waals surface area contributed by atoms with Crippen molar-refractivity contribution in [2.75, 3.05) is 18.6 Å². The predicted molar refractivity (Wildman–Crippen MR) is 126 cm³/mol. The van der Waals surface area contributed by atoms with E-state index in [1.165, 1.54) is 29.3 Å². The Morgan fingerprint density at radius 3 is 2.74 bits per heavy atom. The molecular formula is C21H23N6O5S2+. The van der Waals surface area contributed by atoms with Crippen molar-refractivity contribution in [1.29, 1.82) is 0 Å². The number of oxime groups is 1. The molecule has 13 heteroatoms. The first-order valence-corrected chi connectivity index (χ1v) is 12.3. The van der Waals surface area contributed by atoms with Gasteiger partial charge in [0.25, 0.3) is 11.8 Å². The van der Waals surface area contributed by atoms with Crippen molar-refractivity contribution in [3.63, 3.8) is 0 Å². The van der Waals surface area contributed by atoms with Gasteiger partial charge in [0.1, 0.15) is 29.9 Å². The van der Waals surface area contributed by atoms with Crippen molar-refractivity contribution >= 4 is 51.7 Å². The first kappa shape index (κ1) is 23.7. The van der Waals surface area contributed by atoms with Crippen LogP contribution < -0.4 is 15.6 Å². The van der Waals surface area contributed by atoms with E-state index in [9.17, 15) is 19.5 Å². The summed E-state index contributed by atoms with van der Waals surface area (Å²) < 4.78 is 1.88. The van der Waals surface area contributed by atoms with Gasteiger partial charge in [0.2, 0.25) is 0 Å². The van der Waals surface area contributed by atoms with E-state index in [2.05, 4.69) is 22.4 Å².